The number of hydrogen-bond donors (Lipinski definition) is 1. The molecule has 0 bridgehead atoms. The van der Waals surface area contributed by atoms with Crippen molar-refractivity contribution in [2.45, 2.75) is 18.7 Å². The maximum absolute atomic E-state index is 14.8. The molecule has 0 aliphatic heterocycles. The van der Waals surface area contributed by atoms with E-state index < -0.39 is 49.3 Å². The molecule has 0 aliphatic rings. The number of halogens is 4. The van der Waals surface area contributed by atoms with E-state index in [2.05, 4.69) is 0 Å². The lowest BCUT2D eigenvalue weighted by atomic mass is 9.91. The van der Waals surface area contributed by atoms with Crippen molar-refractivity contribution in [2.24, 2.45) is 5.14 Å². The zero-order valence-corrected chi connectivity index (χ0v) is 15.7. The lowest BCUT2D eigenvalue weighted by Gasteiger charge is -2.17. The molecule has 0 unspecified atom stereocenters. The van der Waals surface area contributed by atoms with Gasteiger partial charge in [-0.15, -0.1) is 0 Å². The fourth-order valence-corrected chi connectivity index (χ4v) is 3.72. The van der Waals surface area contributed by atoms with Crippen LogP contribution in [0.3, 0.4) is 0 Å². The quantitative estimate of drug-likeness (QED) is 0.382. The van der Waals surface area contributed by atoms with Gasteiger partial charge < -0.3 is 0 Å². The zero-order valence-electron chi connectivity index (χ0n) is 14.9. The Morgan fingerprint density at radius 2 is 1.32 bits per heavy atom. The molecule has 0 saturated heterocycles. The van der Waals surface area contributed by atoms with E-state index in [4.69, 9.17) is 5.14 Å². The Hall–Kier alpha value is -2.71. The van der Waals surface area contributed by atoms with E-state index in [1.54, 1.807) is 19.9 Å². The molecule has 8 heteroatoms. The van der Waals surface area contributed by atoms with Gasteiger partial charge in [0.1, 0.15) is 0 Å². The van der Waals surface area contributed by atoms with Crippen LogP contribution in [0, 0.1) is 37.1 Å². The first-order valence-corrected chi connectivity index (χ1v) is 9.64. The molecule has 0 fully saturated rings. The molecule has 0 radical (unpaired) electrons. The fourth-order valence-electron chi connectivity index (χ4n) is 2.97. The molecule has 2 N–H and O–H groups in total. The number of primary sulfonamides is 1. The molecule has 146 valence electrons. The first kappa shape index (κ1) is 20.0. The van der Waals surface area contributed by atoms with Crippen LogP contribution in [0.25, 0.3) is 22.3 Å². The van der Waals surface area contributed by atoms with Crippen LogP contribution in [0.4, 0.5) is 17.6 Å². The highest BCUT2D eigenvalue weighted by Gasteiger charge is 2.29. The third-order valence-electron chi connectivity index (χ3n) is 4.53. The van der Waals surface area contributed by atoms with Gasteiger partial charge in [-0.2, -0.15) is 0 Å². The summed E-state index contributed by atoms with van der Waals surface area (Å²) in [7, 11) is -4.35. The molecule has 3 aromatic rings. The van der Waals surface area contributed by atoms with Crippen LogP contribution in [0.2, 0.25) is 0 Å². The lowest BCUT2D eigenvalue weighted by Crippen LogP contribution is -2.14. The average molecular weight is 409 g/mol. The molecule has 3 aromatic carbocycles. The topological polar surface area (TPSA) is 60.2 Å². The molecule has 3 nitrogen and oxygen atoms in total. The summed E-state index contributed by atoms with van der Waals surface area (Å²) in [6, 6.07) is 9.42. The Morgan fingerprint density at radius 1 is 0.750 bits per heavy atom. The minimum atomic E-state index is -4.35. The molecule has 0 amide bonds. The monoisotopic (exact) mass is 409 g/mol. The highest BCUT2D eigenvalue weighted by Crippen LogP contribution is 2.41. The summed E-state index contributed by atoms with van der Waals surface area (Å²) in [6.07, 6.45) is 0. The largest absolute Gasteiger partial charge is 0.238 e. The highest BCUT2D eigenvalue weighted by atomic mass is 32.2. The summed E-state index contributed by atoms with van der Waals surface area (Å²) in [4.78, 5) is -0.538. The van der Waals surface area contributed by atoms with Crippen LogP contribution in [0.5, 0.6) is 0 Å². The summed E-state index contributed by atoms with van der Waals surface area (Å²) < 4.78 is 81.5. The van der Waals surface area contributed by atoms with Crippen molar-refractivity contribution in [2.75, 3.05) is 0 Å². The number of rotatable bonds is 3. The van der Waals surface area contributed by atoms with Gasteiger partial charge in [0.05, 0.1) is 4.90 Å². The molecule has 28 heavy (non-hydrogen) atoms. The molecule has 0 aromatic heterocycles. The summed E-state index contributed by atoms with van der Waals surface area (Å²) in [6.45, 7) is 3.50. The van der Waals surface area contributed by atoms with Crippen molar-refractivity contribution in [3.05, 3.63) is 76.9 Å². The second-order valence-electron chi connectivity index (χ2n) is 6.35. The summed E-state index contributed by atoms with van der Waals surface area (Å²) in [5, 5.41) is 5.17. The predicted molar refractivity (Wildman–Crippen MR) is 98.0 cm³/mol. The van der Waals surface area contributed by atoms with Crippen LogP contribution < -0.4 is 5.14 Å². The van der Waals surface area contributed by atoms with Crippen LogP contribution >= 0.6 is 0 Å². The van der Waals surface area contributed by atoms with Gasteiger partial charge in [-0.05, 0) is 36.6 Å². The predicted octanol–water partition coefficient (Wildman–Crippen LogP) is 4.84. The Morgan fingerprint density at radius 3 is 1.89 bits per heavy atom. The summed E-state index contributed by atoms with van der Waals surface area (Å²) in [5.74, 6) is -7.35. The van der Waals surface area contributed by atoms with E-state index in [0.29, 0.717) is 5.56 Å². The average Bonchev–Trinajstić information content (AvgIpc) is 2.64. The number of benzene rings is 3. The maximum atomic E-state index is 14.8. The van der Waals surface area contributed by atoms with E-state index in [9.17, 15) is 26.0 Å². The van der Waals surface area contributed by atoms with E-state index in [1.807, 2.05) is 0 Å². The summed E-state index contributed by atoms with van der Waals surface area (Å²) >= 11 is 0. The fraction of sp³-hybridized carbons (Fsp3) is 0.100. The highest BCUT2D eigenvalue weighted by molar-refractivity contribution is 7.89. The molecule has 0 atom stereocenters. The lowest BCUT2D eigenvalue weighted by molar-refractivity contribution is 0.412. The molecular formula is C20H15F4NO2S. The van der Waals surface area contributed by atoms with Crippen LogP contribution in [-0.2, 0) is 10.0 Å². The molecule has 0 saturated carbocycles. The number of sulfonamides is 1. The SMILES string of the molecule is Cc1ccc(-c2c(F)c(F)c(F)c(F)c2-c2ccccc2S(N)(=O)=O)cc1C. The second-order valence-corrected chi connectivity index (χ2v) is 7.88. The normalized spacial score (nSPS) is 11.7. The second kappa shape index (κ2) is 7.03. The third-order valence-corrected chi connectivity index (χ3v) is 5.49. The van der Waals surface area contributed by atoms with Crippen LogP contribution in [0.15, 0.2) is 47.4 Å². The Balaban J connectivity index is 2.52. The van der Waals surface area contributed by atoms with Gasteiger partial charge in [-0.25, -0.2) is 31.1 Å². The first-order chi connectivity index (χ1) is 13.0. The number of hydrogen-bond acceptors (Lipinski definition) is 2. The number of aryl methyl sites for hydroxylation is 2. The minimum Gasteiger partial charge on any atom is -0.225 e. The van der Waals surface area contributed by atoms with Crippen molar-refractivity contribution in [1.82, 2.24) is 0 Å². The van der Waals surface area contributed by atoms with Gasteiger partial charge in [0.2, 0.25) is 10.0 Å². The molecule has 0 spiro atoms. The van der Waals surface area contributed by atoms with Crippen LogP contribution in [0.1, 0.15) is 11.1 Å². The molecule has 3 rings (SSSR count). The van der Waals surface area contributed by atoms with Gasteiger partial charge in [-0.3, -0.25) is 0 Å². The van der Waals surface area contributed by atoms with Crippen molar-refractivity contribution < 1.29 is 26.0 Å². The molecule has 0 aliphatic carbocycles. The van der Waals surface area contributed by atoms with E-state index in [-0.39, 0.29) is 11.1 Å². The van der Waals surface area contributed by atoms with Crippen molar-refractivity contribution in [1.29, 1.82) is 0 Å². The van der Waals surface area contributed by atoms with E-state index in [0.717, 1.165) is 17.7 Å². The van der Waals surface area contributed by atoms with Gasteiger partial charge in [0.25, 0.3) is 0 Å². The van der Waals surface area contributed by atoms with Gasteiger partial charge in [0.15, 0.2) is 23.3 Å². The van der Waals surface area contributed by atoms with E-state index >= 15 is 0 Å². The summed E-state index contributed by atoms with van der Waals surface area (Å²) in [5.41, 5.74) is -0.0579. The minimum absolute atomic E-state index is 0.0672. The molecular weight excluding hydrogens is 394 g/mol. The van der Waals surface area contributed by atoms with Crippen LogP contribution in [-0.4, -0.2) is 8.42 Å². The Labute approximate surface area is 159 Å². The third kappa shape index (κ3) is 3.29. The Kier molecular flexibility index (Phi) is 5.03. The maximum Gasteiger partial charge on any atom is 0.238 e. The van der Waals surface area contributed by atoms with Gasteiger partial charge in [0, 0.05) is 16.7 Å². The number of nitrogens with two attached hydrogens (primary N) is 1. The smallest absolute Gasteiger partial charge is 0.225 e. The molecule has 0 heterocycles. The van der Waals surface area contributed by atoms with Crippen molar-refractivity contribution in [3.63, 3.8) is 0 Å². The van der Waals surface area contributed by atoms with Crippen molar-refractivity contribution >= 4 is 10.0 Å². The van der Waals surface area contributed by atoms with Gasteiger partial charge in [-0.1, -0.05) is 36.4 Å². The first-order valence-electron chi connectivity index (χ1n) is 8.09. The standard InChI is InChI=1S/C20H15F4NO2S/c1-10-7-8-12(9-11(10)2)15-16(18(22)20(24)19(23)17(15)21)13-5-3-4-6-14(13)28(25,26)27/h3-9H,1-2H3,(H2,25,26,27). The van der Waals surface area contributed by atoms with Crippen molar-refractivity contribution in [3.8, 4) is 22.3 Å². The van der Waals surface area contributed by atoms with Gasteiger partial charge >= 0.3 is 0 Å². The Bertz CT molecular complexity index is 1210. The zero-order chi connectivity index (χ0) is 20.8. The van der Waals surface area contributed by atoms with E-state index in [1.165, 1.54) is 24.3 Å².